The van der Waals surface area contributed by atoms with Crippen LogP contribution in [0, 0.1) is 6.92 Å². The zero-order chi connectivity index (χ0) is 11.7. The maximum atomic E-state index is 11.8. The molecule has 0 spiro atoms. The first kappa shape index (κ1) is 11.3. The van der Waals surface area contributed by atoms with Crippen LogP contribution in [-0.4, -0.2) is 24.1 Å². The van der Waals surface area contributed by atoms with Gasteiger partial charge in [0.25, 0.3) is 0 Å². The molecule has 0 radical (unpaired) electrons. The average Bonchev–Trinajstić information content (AvgIpc) is 2.43. The van der Waals surface area contributed by atoms with Crippen molar-refractivity contribution in [1.29, 1.82) is 0 Å². The fraction of sp³-hybridized carbons (Fsp3) is 0.400. The summed E-state index contributed by atoms with van der Waals surface area (Å²) in [6.07, 6.45) is 2.16. The van der Waals surface area contributed by atoms with Crippen molar-refractivity contribution >= 4 is 33.3 Å². The van der Waals surface area contributed by atoms with Gasteiger partial charge in [-0.15, -0.1) is 0 Å². The van der Waals surface area contributed by atoms with Crippen molar-refractivity contribution < 1.29 is 4.79 Å². The third-order valence-electron chi connectivity index (χ3n) is 2.63. The summed E-state index contributed by atoms with van der Waals surface area (Å²) in [5, 5.41) is 3.14. The summed E-state index contributed by atoms with van der Waals surface area (Å²) in [4.78, 5) is 17.7. The highest BCUT2D eigenvalue weighted by Crippen LogP contribution is 2.34. The summed E-state index contributed by atoms with van der Waals surface area (Å²) >= 11 is 3.41. The molecule has 1 amide bonds. The van der Waals surface area contributed by atoms with Crippen LogP contribution in [0.3, 0.4) is 0 Å². The topological polar surface area (TPSA) is 71.2 Å². The number of nitrogens with two attached hydrogens (primary N) is 1. The van der Waals surface area contributed by atoms with Crippen LogP contribution in [0.2, 0.25) is 0 Å². The summed E-state index contributed by atoms with van der Waals surface area (Å²) in [7, 11) is 0. The number of nitrogens with one attached hydrogen (secondary N) is 1. The van der Waals surface area contributed by atoms with Gasteiger partial charge in [0.15, 0.2) is 0 Å². The third kappa shape index (κ3) is 1.78. The van der Waals surface area contributed by atoms with E-state index >= 15 is 0 Å². The van der Waals surface area contributed by atoms with E-state index in [1.54, 1.807) is 11.1 Å². The maximum absolute atomic E-state index is 11.8. The van der Waals surface area contributed by atoms with Crippen molar-refractivity contribution in [3.8, 4) is 0 Å². The highest BCUT2D eigenvalue weighted by molar-refractivity contribution is 9.10. The van der Waals surface area contributed by atoms with Crippen LogP contribution in [-0.2, 0) is 4.79 Å². The van der Waals surface area contributed by atoms with Crippen molar-refractivity contribution in [2.24, 2.45) is 5.73 Å². The lowest BCUT2D eigenvalue weighted by molar-refractivity contribution is -0.118. The summed E-state index contributed by atoms with van der Waals surface area (Å²) in [5.74, 6) is 0.744. The monoisotopic (exact) mass is 284 g/mol. The zero-order valence-corrected chi connectivity index (χ0v) is 10.5. The number of halogens is 1. The predicted octanol–water partition coefficient (Wildman–Crippen LogP) is 1.22. The maximum Gasteiger partial charge on any atom is 0.229 e. The second-order valence-corrected chi connectivity index (χ2v) is 4.46. The normalized spacial score (nSPS) is 15.4. The van der Waals surface area contributed by atoms with E-state index in [2.05, 4.69) is 26.2 Å². The number of fused-ring (bicyclic) bond motifs is 1. The Morgan fingerprint density at radius 1 is 1.69 bits per heavy atom. The molecule has 0 fully saturated rings. The van der Waals surface area contributed by atoms with Gasteiger partial charge in [-0.05, 0) is 28.4 Å². The quantitative estimate of drug-likeness (QED) is 0.813. The Hall–Kier alpha value is -1.14. The molecule has 86 valence electrons. The van der Waals surface area contributed by atoms with Gasteiger partial charge < -0.3 is 11.1 Å². The Morgan fingerprint density at radius 2 is 2.44 bits per heavy atom. The Labute approximate surface area is 102 Å². The van der Waals surface area contributed by atoms with Crippen molar-refractivity contribution in [2.75, 3.05) is 23.4 Å². The smallest absolute Gasteiger partial charge is 0.229 e. The number of rotatable bonds is 1. The summed E-state index contributed by atoms with van der Waals surface area (Å²) in [6.45, 7) is 2.70. The molecule has 16 heavy (non-hydrogen) atoms. The molecular weight excluding hydrogens is 272 g/mol. The lowest BCUT2D eigenvalue weighted by Crippen LogP contribution is -2.36. The SMILES string of the molecule is Cc1c(Br)cnc2c1N(CN)C(=O)CCN2. The van der Waals surface area contributed by atoms with Crippen LogP contribution < -0.4 is 16.0 Å². The van der Waals surface area contributed by atoms with Gasteiger partial charge in [-0.3, -0.25) is 9.69 Å². The molecule has 0 bridgehead atoms. The highest BCUT2D eigenvalue weighted by atomic mass is 79.9. The van der Waals surface area contributed by atoms with Crippen LogP contribution in [0.1, 0.15) is 12.0 Å². The lowest BCUT2D eigenvalue weighted by atomic mass is 10.2. The molecule has 0 saturated carbocycles. The summed E-state index contributed by atoms with van der Waals surface area (Å²) < 4.78 is 0.876. The van der Waals surface area contributed by atoms with Crippen LogP contribution in [0.15, 0.2) is 10.7 Å². The number of carbonyl (C=O) groups is 1. The standard InChI is InChI=1S/C10H13BrN4O/c1-6-7(11)4-14-10-9(6)15(5-12)8(16)2-3-13-10/h4H,2-3,5,12H2,1H3,(H,13,14). The van der Waals surface area contributed by atoms with E-state index in [4.69, 9.17) is 5.73 Å². The fourth-order valence-corrected chi connectivity index (χ4v) is 2.06. The van der Waals surface area contributed by atoms with Gasteiger partial charge in [-0.25, -0.2) is 4.98 Å². The van der Waals surface area contributed by atoms with Crippen molar-refractivity contribution in [3.63, 3.8) is 0 Å². The number of amides is 1. The number of pyridine rings is 1. The molecule has 0 aliphatic carbocycles. The number of anilines is 2. The Bertz CT molecular complexity index is 435. The molecule has 1 aliphatic rings. The number of hydrogen-bond donors (Lipinski definition) is 2. The Morgan fingerprint density at radius 3 is 3.12 bits per heavy atom. The predicted molar refractivity (Wildman–Crippen MR) is 66.3 cm³/mol. The van der Waals surface area contributed by atoms with E-state index in [1.807, 2.05) is 6.92 Å². The van der Waals surface area contributed by atoms with Crippen molar-refractivity contribution in [3.05, 3.63) is 16.2 Å². The number of hydrogen-bond acceptors (Lipinski definition) is 4. The Balaban J connectivity index is 2.60. The minimum Gasteiger partial charge on any atom is -0.368 e. The van der Waals surface area contributed by atoms with Crippen LogP contribution in [0.4, 0.5) is 11.5 Å². The average molecular weight is 285 g/mol. The Kier molecular flexibility index (Phi) is 3.11. The molecule has 3 N–H and O–H groups in total. The molecule has 1 aromatic rings. The molecule has 5 nitrogen and oxygen atoms in total. The van der Waals surface area contributed by atoms with Crippen molar-refractivity contribution in [2.45, 2.75) is 13.3 Å². The largest absolute Gasteiger partial charge is 0.368 e. The van der Waals surface area contributed by atoms with E-state index in [-0.39, 0.29) is 12.6 Å². The van der Waals surface area contributed by atoms with E-state index in [0.717, 1.165) is 21.5 Å². The van der Waals surface area contributed by atoms with Gasteiger partial charge in [0.05, 0.1) is 12.4 Å². The first-order valence-electron chi connectivity index (χ1n) is 5.04. The van der Waals surface area contributed by atoms with Crippen molar-refractivity contribution in [1.82, 2.24) is 4.98 Å². The molecule has 0 unspecified atom stereocenters. The lowest BCUT2D eigenvalue weighted by Gasteiger charge is -2.22. The van der Waals surface area contributed by atoms with Gasteiger partial charge in [-0.1, -0.05) is 0 Å². The molecule has 0 aromatic carbocycles. The molecular formula is C10H13BrN4O. The van der Waals surface area contributed by atoms with Crippen LogP contribution in [0.25, 0.3) is 0 Å². The van der Waals surface area contributed by atoms with Gasteiger partial charge in [-0.2, -0.15) is 0 Å². The van der Waals surface area contributed by atoms with E-state index in [1.165, 1.54) is 0 Å². The minimum atomic E-state index is 0.0248. The van der Waals surface area contributed by atoms with Gasteiger partial charge in [0, 0.05) is 23.6 Å². The van der Waals surface area contributed by atoms with E-state index < -0.39 is 0 Å². The summed E-state index contributed by atoms with van der Waals surface area (Å²) in [6, 6.07) is 0. The van der Waals surface area contributed by atoms with Gasteiger partial charge in [0.2, 0.25) is 5.91 Å². The molecule has 0 saturated heterocycles. The minimum absolute atomic E-state index is 0.0248. The second kappa shape index (κ2) is 4.39. The molecule has 1 aromatic heterocycles. The number of aromatic nitrogens is 1. The summed E-state index contributed by atoms with van der Waals surface area (Å²) in [5.41, 5.74) is 7.38. The number of carbonyl (C=O) groups excluding carboxylic acids is 1. The molecule has 0 atom stereocenters. The van der Waals surface area contributed by atoms with Gasteiger partial charge in [0.1, 0.15) is 5.82 Å². The number of nitrogens with zero attached hydrogens (tertiary/aromatic N) is 2. The zero-order valence-electron chi connectivity index (χ0n) is 8.96. The van der Waals surface area contributed by atoms with E-state index in [9.17, 15) is 4.79 Å². The first-order chi connectivity index (χ1) is 7.65. The van der Waals surface area contributed by atoms with Gasteiger partial charge >= 0.3 is 0 Å². The van der Waals surface area contributed by atoms with Crippen LogP contribution in [0.5, 0.6) is 0 Å². The molecule has 2 heterocycles. The first-order valence-corrected chi connectivity index (χ1v) is 5.84. The second-order valence-electron chi connectivity index (χ2n) is 3.61. The highest BCUT2D eigenvalue weighted by Gasteiger charge is 2.24. The van der Waals surface area contributed by atoms with Crippen LogP contribution >= 0.6 is 15.9 Å². The molecule has 6 heteroatoms. The van der Waals surface area contributed by atoms with E-state index in [0.29, 0.717) is 13.0 Å². The third-order valence-corrected chi connectivity index (χ3v) is 3.43. The molecule has 1 aliphatic heterocycles. The fourth-order valence-electron chi connectivity index (χ4n) is 1.77. The molecule has 2 rings (SSSR count).